The third-order valence-electron chi connectivity index (χ3n) is 4.26. The Balaban J connectivity index is 1.86. The fraction of sp³-hybridized carbons (Fsp3) is 0.250. The number of carbonyl (C=O) groups is 2. The largest absolute Gasteiger partial charge is 0.372 e. The van der Waals surface area contributed by atoms with Crippen LogP contribution in [-0.2, 0) is 4.79 Å². The van der Waals surface area contributed by atoms with Gasteiger partial charge in [-0.05, 0) is 30.5 Å². The summed E-state index contributed by atoms with van der Waals surface area (Å²) in [5, 5.41) is 10.0. The van der Waals surface area contributed by atoms with Crippen LogP contribution in [0.1, 0.15) is 30.8 Å². The van der Waals surface area contributed by atoms with Crippen LogP contribution in [0, 0.1) is 5.92 Å². The first-order chi connectivity index (χ1) is 14.3. The Kier molecular flexibility index (Phi) is 6.26. The summed E-state index contributed by atoms with van der Waals surface area (Å²) in [4.78, 5) is 31.6. The van der Waals surface area contributed by atoms with Crippen molar-refractivity contribution in [2.24, 2.45) is 17.4 Å². The third kappa shape index (κ3) is 5.10. The Hall–Kier alpha value is -3.95. The second-order valence-electron chi connectivity index (χ2n) is 7.15. The van der Waals surface area contributed by atoms with Crippen molar-refractivity contribution in [3.63, 3.8) is 0 Å². The fourth-order valence-electron chi connectivity index (χ4n) is 2.88. The summed E-state index contributed by atoms with van der Waals surface area (Å²) in [5.74, 6) is -0.649. The molecule has 0 saturated heterocycles. The van der Waals surface area contributed by atoms with Crippen LogP contribution < -0.4 is 22.1 Å². The smallest absolute Gasteiger partial charge is 0.269 e. The molecule has 6 N–H and O–H groups in total. The summed E-state index contributed by atoms with van der Waals surface area (Å²) < 4.78 is 5.31. The van der Waals surface area contributed by atoms with E-state index in [1.54, 1.807) is 36.7 Å². The number of pyridine rings is 2. The van der Waals surface area contributed by atoms with Crippen LogP contribution in [-0.4, -0.2) is 33.0 Å². The van der Waals surface area contributed by atoms with Crippen LogP contribution in [0.4, 0.5) is 17.3 Å². The van der Waals surface area contributed by atoms with E-state index >= 15 is 0 Å². The Bertz CT molecular complexity index is 1030. The molecule has 0 aromatic carbocycles. The van der Waals surface area contributed by atoms with E-state index in [4.69, 9.17) is 16.0 Å². The normalized spacial score (nSPS) is 11.8. The molecule has 3 aromatic rings. The molecule has 3 rings (SSSR count). The van der Waals surface area contributed by atoms with Gasteiger partial charge < -0.3 is 26.6 Å². The standard InChI is InChI=1S/C20H23N7O3/c1-11(2)7-16(19(21)28)25-13-8-15(18(20(22)29)24-10-13)26-17-9-14(27-30-17)12-3-5-23-6-4-12/h3-6,8-11,16,25-26H,7H2,1-2H3,(H2,21,28)(H2,22,29)/t16-/m1/s1. The second kappa shape index (κ2) is 9.03. The van der Waals surface area contributed by atoms with E-state index in [-0.39, 0.29) is 17.5 Å². The van der Waals surface area contributed by atoms with Crippen LogP contribution in [0.3, 0.4) is 0 Å². The molecule has 0 aliphatic rings. The highest BCUT2D eigenvalue weighted by Gasteiger charge is 2.19. The molecule has 10 heteroatoms. The number of hydrogen-bond acceptors (Lipinski definition) is 8. The molecule has 3 heterocycles. The molecule has 0 unspecified atom stereocenters. The van der Waals surface area contributed by atoms with Gasteiger partial charge in [-0.2, -0.15) is 0 Å². The van der Waals surface area contributed by atoms with Gasteiger partial charge in [0.05, 0.1) is 17.6 Å². The van der Waals surface area contributed by atoms with Crippen molar-refractivity contribution < 1.29 is 14.1 Å². The van der Waals surface area contributed by atoms with Crippen LogP contribution >= 0.6 is 0 Å². The molecule has 0 aliphatic carbocycles. The van der Waals surface area contributed by atoms with Crippen molar-refractivity contribution in [3.05, 3.63) is 48.5 Å². The van der Waals surface area contributed by atoms with Gasteiger partial charge >= 0.3 is 0 Å². The van der Waals surface area contributed by atoms with E-state index in [1.165, 1.54) is 6.20 Å². The van der Waals surface area contributed by atoms with E-state index in [1.807, 2.05) is 13.8 Å². The lowest BCUT2D eigenvalue weighted by Crippen LogP contribution is -2.36. The van der Waals surface area contributed by atoms with Crippen LogP contribution in [0.5, 0.6) is 0 Å². The number of hydrogen-bond donors (Lipinski definition) is 4. The van der Waals surface area contributed by atoms with Crippen molar-refractivity contribution in [2.45, 2.75) is 26.3 Å². The van der Waals surface area contributed by atoms with Gasteiger partial charge in [-0.3, -0.25) is 14.6 Å². The average Bonchev–Trinajstić information content (AvgIpc) is 3.16. The fourth-order valence-corrected chi connectivity index (χ4v) is 2.88. The number of aromatic nitrogens is 3. The first-order valence-corrected chi connectivity index (χ1v) is 9.33. The van der Waals surface area contributed by atoms with Gasteiger partial charge in [0.15, 0.2) is 5.69 Å². The maximum absolute atomic E-state index is 11.8. The van der Waals surface area contributed by atoms with Crippen LogP contribution in [0.2, 0.25) is 0 Å². The summed E-state index contributed by atoms with van der Waals surface area (Å²) in [6.07, 6.45) is 5.26. The Morgan fingerprint density at radius 2 is 1.90 bits per heavy atom. The lowest BCUT2D eigenvalue weighted by molar-refractivity contribution is -0.119. The van der Waals surface area contributed by atoms with Crippen molar-refractivity contribution in [1.82, 2.24) is 15.1 Å². The number of anilines is 3. The topological polar surface area (TPSA) is 162 Å². The number of rotatable bonds is 9. The lowest BCUT2D eigenvalue weighted by atomic mass is 10.0. The Morgan fingerprint density at radius 1 is 1.17 bits per heavy atom. The molecule has 0 fully saturated rings. The maximum Gasteiger partial charge on any atom is 0.269 e. The minimum Gasteiger partial charge on any atom is -0.372 e. The summed E-state index contributed by atoms with van der Waals surface area (Å²) >= 11 is 0. The van der Waals surface area contributed by atoms with Crippen molar-refractivity contribution in [2.75, 3.05) is 10.6 Å². The van der Waals surface area contributed by atoms with Crippen molar-refractivity contribution in [1.29, 1.82) is 0 Å². The van der Waals surface area contributed by atoms with E-state index < -0.39 is 17.9 Å². The van der Waals surface area contributed by atoms with Gasteiger partial charge in [0.25, 0.3) is 5.91 Å². The molecule has 30 heavy (non-hydrogen) atoms. The zero-order chi connectivity index (χ0) is 21.7. The van der Waals surface area contributed by atoms with Crippen LogP contribution in [0.15, 0.2) is 47.4 Å². The highest BCUT2D eigenvalue weighted by molar-refractivity contribution is 5.97. The number of nitrogens with zero attached hydrogens (tertiary/aromatic N) is 3. The Labute approximate surface area is 173 Å². The molecule has 0 bridgehead atoms. The maximum atomic E-state index is 11.8. The zero-order valence-electron chi connectivity index (χ0n) is 16.6. The van der Waals surface area contributed by atoms with E-state index in [9.17, 15) is 9.59 Å². The Morgan fingerprint density at radius 3 is 2.53 bits per heavy atom. The minimum atomic E-state index is -0.716. The first kappa shape index (κ1) is 20.8. The minimum absolute atomic E-state index is 0.0156. The number of carbonyl (C=O) groups excluding carboxylic acids is 2. The summed E-state index contributed by atoms with van der Waals surface area (Å²) in [7, 11) is 0. The molecule has 0 spiro atoms. The van der Waals surface area contributed by atoms with Gasteiger partial charge in [0, 0.05) is 24.0 Å². The summed E-state index contributed by atoms with van der Waals surface area (Å²) in [6, 6.07) is 6.29. The van der Waals surface area contributed by atoms with E-state index in [0.717, 1.165) is 5.56 Å². The van der Waals surface area contributed by atoms with Crippen molar-refractivity contribution in [3.8, 4) is 11.3 Å². The second-order valence-corrected chi connectivity index (χ2v) is 7.15. The molecular weight excluding hydrogens is 386 g/mol. The van der Waals surface area contributed by atoms with Gasteiger partial charge in [-0.1, -0.05) is 19.0 Å². The molecule has 3 aromatic heterocycles. The lowest BCUT2D eigenvalue weighted by Gasteiger charge is -2.19. The predicted octanol–water partition coefficient (Wildman–Crippen LogP) is 2.29. The molecule has 0 saturated carbocycles. The highest BCUT2D eigenvalue weighted by atomic mass is 16.5. The molecular formula is C20H23N7O3. The molecule has 0 aliphatic heterocycles. The first-order valence-electron chi connectivity index (χ1n) is 9.33. The predicted molar refractivity (Wildman–Crippen MR) is 112 cm³/mol. The molecule has 0 radical (unpaired) electrons. The average molecular weight is 409 g/mol. The van der Waals surface area contributed by atoms with Gasteiger partial charge in [0.2, 0.25) is 11.8 Å². The van der Waals surface area contributed by atoms with Gasteiger partial charge in [-0.25, -0.2) is 4.98 Å². The number of amides is 2. The quantitative estimate of drug-likeness (QED) is 0.418. The van der Waals surface area contributed by atoms with Gasteiger partial charge in [-0.15, -0.1) is 0 Å². The molecule has 1 atom stereocenters. The number of primary amides is 2. The zero-order valence-corrected chi connectivity index (χ0v) is 16.6. The summed E-state index contributed by atoms with van der Waals surface area (Å²) in [5.41, 5.74) is 13.2. The molecule has 10 nitrogen and oxygen atoms in total. The number of nitrogens with two attached hydrogens (primary N) is 2. The highest BCUT2D eigenvalue weighted by Crippen LogP contribution is 2.27. The monoisotopic (exact) mass is 409 g/mol. The SMILES string of the molecule is CC(C)C[C@@H](Nc1cnc(C(N)=O)c(Nc2cc(-c3ccncc3)no2)c1)C(N)=O. The number of nitrogens with one attached hydrogen (secondary N) is 2. The van der Waals surface area contributed by atoms with Crippen LogP contribution in [0.25, 0.3) is 11.3 Å². The summed E-state index contributed by atoms with van der Waals surface area (Å²) in [6.45, 7) is 3.98. The molecule has 156 valence electrons. The van der Waals surface area contributed by atoms with E-state index in [2.05, 4.69) is 25.8 Å². The third-order valence-corrected chi connectivity index (χ3v) is 4.26. The van der Waals surface area contributed by atoms with E-state index in [0.29, 0.717) is 23.5 Å². The van der Waals surface area contributed by atoms with Crippen molar-refractivity contribution >= 4 is 29.1 Å². The van der Waals surface area contributed by atoms with Gasteiger partial charge in [0.1, 0.15) is 11.7 Å². The molecule has 2 amide bonds.